The first-order valence-corrected chi connectivity index (χ1v) is 5.57. The molecule has 0 saturated heterocycles. The van der Waals surface area contributed by atoms with Gasteiger partial charge in [-0.05, 0) is 24.9 Å². The summed E-state index contributed by atoms with van der Waals surface area (Å²) < 4.78 is 6.87. The fraction of sp³-hybridized carbons (Fsp3) is 0.727. The van der Waals surface area contributed by atoms with E-state index >= 15 is 0 Å². The van der Waals surface area contributed by atoms with Gasteiger partial charge in [-0.3, -0.25) is 4.68 Å². The first kappa shape index (κ1) is 13.2. The Bertz CT molecular complexity index is 283. The molecule has 0 bridgehead atoms. The van der Waals surface area contributed by atoms with Crippen molar-refractivity contribution in [3.8, 4) is 0 Å². The highest BCUT2D eigenvalue weighted by Crippen LogP contribution is 1.98. The quantitative estimate of drug-likeness (QED) is 0.654. The van der Waals surface area contributed by atoms with Crippen LogP contribution in [0.2, 0.25) is 0 Å². The molecule has 0 spiro atoms. The molecule has 0 aliphatic heterocycles. The third-order valence-corrected chi connectivity index (χ3v) is 2.45. The molecule has 0 fully saturated rings. The zero-order valence-corrected chi connectivity index (χ0v) is 10.0. The number of nitrogens with one attached hydrogen (secondary N) is 1. The number of aliphatic hydroxyl groups excluding tert-OH is 1. The maximum Gasteiger partial charge on any atom is 0.0616 e. The summed E-state index contributed by atoms with van der Waals surface area (Å²) in [6, 6.07) is 0.228. The lowest BCUT2D eigenvalue weighted by Crippen LogP contribution is -2.35. The lowest BCUT2D eigenvalue weighted by molar-refractivity contribution is 0.149. The minimum absolute atomic E-state index is 0.188. The molecular formula is C11H21N3O2. The van der Waals surface area contributed by atoms with E-state index in [1.165, 1.54) is 5.56 Å². The van der Waals surface area contributed by atoms with E-state index in [4.69, 9.17) is 9.84 Å². The molecule has 1 rings (SSSR count). The monoisotopic (exact) mass is 227 g/mol. The number of ether oxygens (including phenoxy) is 1. The summed E-state index contributed by atoms with van der Waals surface area (Å²) in [5, 5.41) is 16.3. The minimum Gasteiger partial charge on any atom is -0.396 e. The molecule has 0 aromatic carbocycles. The van der Waals surface area contributed by atoms with Gasteiger partial charge >= 0.3 is 0 Å². The van der Waals surface area contributed by atoms with Gasteiger partial charge in [-0.2, -0.15) is 5.10 Å². The van der Waals surface area contributed by atoms with Crippen molar-refractivity contribution in [3.63, 3.8) is 0 Å². The van der Waals surface area contributed by atoms with Crippen molar-refractivity contribution in [1.29, 1.82) is 0 Å². The van der Waals surface area contributed by atoms with Crippen LogP contribution >= 0.6 is 0 Å². The molecule has 5 nitrogen and oxygen atoms in total. The molecule has 0 aliphatic carbocycles. The first-order valence-electron chi connectivity index (χ1n) is 5.57. The van der Waals surface area contributed by atoms with Crippen LogP contribution in [0.3, 0.4) is 0 Å². The average Bonchev–Trinajstić information content (AvgIpc) is 2.65. The maximum absolute atomic E-state index is 8.87. The molecule has 1 heterocycles. The van der Waals surface area contributed by atoms with E-state index in [0.29, 0.717) is 6.61 Å². The van der Waals surface area contributed by atoms with Gasteiger partial charge in [0.1, 0.15) is 0 Å². The van der Waals surface area contributed by atoms with Crippen molar-refractivity contribution in [2.45, 2.75) is 18.9 Å². The fourth-order valence-electron chi connectivity index (χ4n) is 1.62. The largest absolute Gasteiger partial charge is 0.396 e. The van der Waals surface area contributed by atoms with Crippen LogP contribution in [0.1, 0.15) is 12.0 Å². The molecule has 0 saturated carbocycles. The Balaban J connectivity index is 2.21. The van der Waals surface area contributed by atoms with Crippen molar-refractivity contribution in [2.75, 3.05) is 26.9 Å². The lowest BCUT2D eigenvalue weighted by Gasteiger charge is -2.16. The Hall–Kier alpha value is -0.910. The summed E-state index contributed by atoms with van der Waals surface area (Å²) in [6.45, 7) is 1.70. The molecular weight excluding hydrogens is 206 g/mol. The van der Waals surface area contributed by atoms with Gasteiger partial charge in [-0.15, -0.1) is 0 Å². The second-order valence-corrected chi connectivity index (χ2v) is 3.89. The lowest BCUT2D eigenvalue weighted by atomic mass is 10.2. The van der Waals surface area contributed by atoms with E-state index < -0.39 is 0 Å². The number of hydrogen-bond acceptors (Lipinski definition) is 4. The van der Waals surface area contributed by atoms with E-state index in [1.807, 2.05) is 19.4 Å². The number of aliphatic hydroxyl groups is 1. The van der Waals surface area contributed by atoms with Gasteiger partial charge < -0.3 is 15.2 Å². The van der Waals surface area contributed by atoms with Crippen LogP contribution in [0.5, 0.6) is 0 Å². The molecule has 1 unspecified atom stereocenters. The van der Waals surface area contributed by atoms with Crippen LogP contribution in [0.4, 0.5) is 0 Å². The van der Waals surface area contributed by atoms with Crippen LogP contribution in [0, 0.1) is 0 Å². The van der Waals surface area contributed by atoms with Gasteiger partial charge in [-0.25, -0.2) is 0 Å². The predicted molar refractivity (Wildman–Crippen MR) is 62.3 cm³/mol. The Kier molecular flexibility index (Phi) is 6.07. The minimum atomic E-state index is 0.188. The Labute approximate surface area is 96.4 Å². The van der Waals surface area contributed by atoms with Crippen LogP contribution in [-0.4, -0.2) is 47.8 Å². The van der Waals surface area contributed by atoms with E-state index in [2.05, 4.69) is 10.4 Å². The normalized spacial score (nSPS) is 12.9. The predicted octanol–water partition coefficient (Wildman–Crippen LogP) is -0.0504. The van der Waals surface area contributed by atoms with Crippen molar-refractivity contribution >= 4 is 0 Å². The molecule has 2 N–H and O–H groups in total. The molecule has 0 radical (unpaired) electrons. The number of hydrogen-bond donors (Lipinski definition) is 2. The average molecular weight is 227 g/mol. The van der Waals surface area contributed by atoms with Crippen molar-refractivity contribution in [2.24, 2.45) is 7.05 Å². The SMILES string of the molecule is COCC(CCO)NCCc1cnn(C)c1. The van der Waals surface area contributed by atoms with E-state index in [1.54, 1.807) is 11.8 Å². The summed E-state index contributed by atoms with van der Waals surface area (Å²) in [7, 11) is 3.59. The zero-order valence-electron chi connectivity index (χ0n) is 10.0. The van der Waals surface area contributed by atoms with Gasteiger partial charge in [0.15, 0.2) is 0 Å². The zero-order chi connectivity index (χ0) is 11.8. The highest BCUT2D eigenvalue weighted by atomic mass is 16.5. The van der Waals surface area contributed by atoms with Gasteiger partial charge in [0, 0.05) is 33.0 Å². The molecule has 16 heavy (non-hydrogen) atoms. The maximum atomic E-state index is 8.87. The van der Waals surface area contributed by atoms with E-state index in [0.717, 1.165) is 19.4 Å². The number of aryl methyl sites for hydroxylation is 1. The van der Waals surface area contributed by atoms with Gasteiger partial charge in [0.2, 0.25) is 0 Å². The fourth-order valence-corrected chi connectivity index (χ4v) is 1.62. The molecule has 1 aromatic rings. The number of rotatable bonds is 8. The topological polar surface area (TPSA) is 59.3 Å². The van der Waals surface area contributed by atoms with Crippen LogP contribution < -0.4 is 5.32 Å². The van der Waals surface area contributed by atoms with Crippen LogP contribution in [0.25, 0.3) is 0 Å². The Morgan fingerprint density at radius 1 is 1.62 bits per heavy atom. The summed E-state index contributed by atoms with van der Waals surface area (Å²) in [5.41, 5.74) is 1.22. The van der Waals surface area contributed by atoms with Crippen molar-refractivity contribution < 1.29 is 9.84 Å². The van der Waals surface area contributed by atoms with Crippen molar-refractivity contribution in [3.05, 3.63) is 18.0 Å². The Morgan fingerprint density at radius 3 is 3.00 bits per heavy atom. The molecule has 92 valence electrons. The highest BCUT2D eigenvalue weighted by molar-refractivity contribution is 5.03. The summed E-state index contributed by atoms with van der Waals surface area (Å²) in [5.74, 6) is 0. The summed E-state index contributed by atoms with van der Waals surface area (Å²) in [4.78, 5) is 0. The molecule has 5 heteroatoms. The third kappa shape index (κ3) is 4.74. The second-order valence-electron chi connectivity index (χ2n) is 3.89. The molecule has 0 amide bonds. The number of nitrogens with zero attached hydrogens (tertiary/aromatic N) is 2. The number of aromatic nitrogens is 2. The van der Waals surface area contributed by atoms with E-state index in [-0.39, 0.29) is 12.6 Å². The van der Waals surface area contributed by atoms with Crippen LogP contribution in [-0.2, 0) is 18.2 Å². The molecule has 1 aromatic heterocycles. The van der Waals surface area contributed by atoms with Gasteiger partial charge in [-0.1, -0.05) is 0 Å². The first-order chi connectivity index (χ1) is 7.76. The third-order valence-electron chi connectivity index (χ3n) is 2.45. The van der Waals surface area contributed by atoms with Crippen molar-refractivity contribution in [1.82, 2.24) is 15.1 Å². The summed E-state index contributed by atoms with van der Waals surface area (Å²) in [6.07, 6.45) is 5.55. The second kappa shape index (κ2) is 7.38. The van der Waals surface area contributed by atoms with Crippen LogP contribution in [0.15, 0.2) is 12.4 Å². The van der Waals surface area contributed by atoms with E-state index in [9.17, 15) is 0 Å². The Morgan fingerprint density at radius 2 is 2.44 bits per heavy atom. The number of methoxy groups -OCH3 is 1. The molecule has 1 atom stereocenters. The van der Waals surface area contributed by atoms with Gasteiger partial charge in [0.25, 0.3) is 0 Å². The summed E-state index contributed by atoms with van der Waals surface area (Å²) >= 11 is 0. The molecule has 0 aliphatic rings. The standard InChI is InChI=1S/C11H21N3O2/c1-14-8-10(7-13-14)3-5-12-11(4-6-15)9-16-2/h7-8,11-12,15H,3-6,9H2,1-2H3. The van der Waals surface area contributed by atoms with Gasteiger partial charge in [0.05, 0.1) is 12.8 Å². The highest BCUT2D eigenvalue weighted by Gasteiger charge is 2.06. The smallest absolute Gasteiger partial charge is 0.0616 e.